The lowest BCUT2D eigenvalue weighted by Crippen LogP contribution is -2.37. The van der Waals surface area contributed by atoms with Gasteiger partial charge in [-0.15, -0.1) is 0 Å². The van der Waals surface area contributed by atoms with Crippen molar-refractivity contribution in [1.82, 2.24) is 14.9 Å². The molecule has 1 unspecified atom stereocenters. The van der Waals surface area contributed by atoms with Gasteiger partial charge in [0.25, 0.3) is 0 Å². The van der Waals surface area contributed by atoms with Gasteiger partial charge >= 0.3 is 5.97 Å². The number of hydrogen-bond donors (Lipinski definition) is 1. The highest BCUT2D eigenvalue weighted by Gasteiger charge is 2.37. The number of pyridine rings is 1. The maximum Gasteiger partial charge on any atom is 0.339 e. The van der Waals surface area contributed by atoms with Crippen LogP contribution in [0.2, 0.25) is 0 Å². The van der Waals surface area contributed by atoms with Crippen LogP contribution >= 0.6 is 0 Å². The highest BCUT2D eigenvalue weighted by molar-refractivity contribution is 6.01. The molecule has 3 rings (SSSR count). The zero-order chi connectivity index (χ0) is 20.4. The molecule has 0 aromatic carbocycles. The first-order chi connectivity index (χ1) is 13.3. The summed E-state index contributed by atoms with van der Waals surface area (Å²) in [5.41, 5.74) is 2.35. The molecule has 0 saturated heterocycles. The monoisotopic (exact) mass is 383 g/mol. The minimum Gasteiger partial charge on any atom is -0.465 e. The van der Waals surface area contributed by atoms with Gasteiger partial charge in [0.15, 0.2) is 5.78 Å². The van der Waals surface area contributed by atoms with Crippen LogP contribution in [0.3, 0.4) is 0 Å². The van der Waals surface area contributed by atoms with Crippen molar-refractivity contribution in [2.45, 2.75) is 52.1 Å². The fourth-order valence-corrected chi connectivity index (χ4v) is 3.62. The minimum absolute atomic E-state index is 0.00771. The third-order valence-electron chi connectivity index (χ3n) is 5.16. The van der Waals surface area contributed by atoms with E-state index in [-0.39, 0.29) is 35.8 Å². The quantitative estimate of drug-likeness (QED) is 0.586. The lowest BCUT2D eigenvalue weighted by Gasteiger charge is -2.29. The second kappa shape index (κ2) is 7.96. The number of methoxy groups -OCH3 is 1. The Morgan fingerprint density at radius 1 is 1.32 bits per heavy atom. The molecule has 2 aromatic rings. The molecule has 2 aromatic heterocycles. The number of amides is 1. The third kappa shape index (κ3) is 3.83. The Hall–Kier alpha value is -2.96. The molecule has 0 spiro atoms. The molecule has 28 heavy (non-hydrogen) atoms. The highest BCUT2D eigenvalue weighted by atomic mass is 16.5. The number of esters is 1. The van der Waals surface area contributed by atoms with Gasteiger partial charge in [0.05, 0.1) is 36.5 Å². The van der Waals surface area contributed by atoms with E-state index < -0.39 is 5.97 Å². The summed E-state index contributed by atoms with van der Waals surface area (Å²) in [5, 5.41) is 0. The van der Waals surface area contributed by atoms with Crippen LogP contribution < -0.4 is 0 Å². The van der Waals surface area contributed by atoms with E-state index in [4.69, 9.17) is 4.74 Å². The molecular formula is C21H25N3O4. The number of aromatic nitrogens is 2. The molecule has 7 heteroatoms. The van der Waals surface area contributed by atoms with E-state index in [9.17, 15) is 14.4 Å². The lowest BCUT2D eigenvalue weighted by molar-refractivity contribution is -0.133. The van der Waals surface area contributed by atoms with Crippen molar-refractivity contribution in [3.8, 4) is 0 Å². The van der Waals surface area contributed by atoms with Crippen LogP contribution in [-0.4, -0.2) is 45.7 Å². The number of nitrogens with one attached hydrogen (secondary N) is 1. The molecule has 1 fully saturated rings. The Morgan fingerprint density at radius 2 is 2.04 bits per heavy atom. The van der Waals surface area contributed by atoms with E-state index in [2.05, 4.69) is 9.97 Å². The van der Waals surface area contributed by atoms with Crippen LogP contribution in [-0.2, 0) is 16.0 Å². The number of nitrogens with zero attached hydrogens (tertiary/aromatic N) is 2. The molecule has 7 nitrogen and oxygen atoms in total. The summed E-state index contributed by atoms with van der Waals surface area (Å²) >= 11 is 0. The second-order valence-corrected chi connectivity index (χ2v) is 7.17. The summed E-state index contributed by atoms with van der Waals surface area (Å²) in [5.74, 6) is -0.857. The molecule has 2 heterocycles. The maximum absolute atomic E-state index is 13.2. The zero-order valence-electron chi connectivity index (χ0n) is 16.6. The second-order valence-electron chi connectivity index (χ2n) is 7.17. The largest absolute Gasteiger partial charge is 0.465 e. The van der Waals surface area contributed by atoms with E-state index in [1.165, 1.54) is 14.0 Å². The fourth-order valence-electron chi connectivity index (χ4n) is 3.62. The molecule has 1 aliphatic rings. The normalized spacial score (nSPS) is 14.4. The zero-order valence-corrected chi connectivity index (χ0v) is 16.6. The summed E-state index contributed by atoms with van der Waals surface area (Å²) in [6.07, 6.45) is 3.61. The fraction of sp³-hybridized carbons (Fsp3) is 0.429. The van der Waals surface area contributed by atoms with Crippen molar-refractivity contribution in [2.24, 2.45) is 0 Å². The van der Waals surface area contributed by atoms with Crippen LogP contribution in [0.5, 0.6) is 0 Å². The van der Waals surface area contributed by atoms with Crippen molar-refractivity contribution in [3.05, 3.63) is 52.6 Å². The predicted octanol–water partition coefficient (Wildman–Crippen LogP) is 3.00. The topological polar surface area (TPSA) is 92.4 Å². The summed E-state index contributed by atoms with van der Waals surface area (Å²) < 4.78 is 4.86. The average molecular weight is 383 g/mol. The minimum atomic E-state index is -0.556. The van der Waals surface area contributed by atoms with Gasteiger partial charge in [0.1, 0.15) is 0 Å². The first-order valence-electron chi connectivity index (χ1n) is 9.37. The van der Waals surface area contributed by atoms with Crippen molar-refractivity contribution in [1.29, 1.82) is 0 Å². The van der Waals surface area contributed by atoms with Crippen LogP contribution in [0.4, 0.5) is 0 Å². The van der Waals surface area contributed by atoms with Crippen molar-refractivity contribution >= 4 is 17.7 Å². The van der Waals surface area contributed by atoms with Crippen molar-refractivity contribution < 1.29 is 19.1 Å². The Kier molecular flexibility index (Phi) is 5.63. The number of hydrogen-bond acceptors (Lipinski definition) is 5. The number of Topliss-reactive ketones (excluding diaryl/α,β-unsaturated/α-hetero) is 1. The van der Waals surface area contributed by atoms with E-state index in [0.29, 0.717) is 17.0 Å². The molecule has 1 aliphatic carbocycles. The third-order valence-corrected chi connectivity index (χ3v) is 5.16. The maximum atomic E-state index is 13.2. The Bertz CT molecular complexity index is 900. The highest BCUT2D eigenvalue weighted by Crippen LogP contribution is 2.34. The summed E-state index contributed by atoms with van der Waals surface area (Å²) in [4.78, 5) is 46.5. The Morgan fingerprint density at radius 3 is 2.57 bits per heavy atom. The van der Waals surface area contributed by atoms with E-state index in [1.807, 2.05) is 30.0 Å². The SMILES string of the molecule is COC(=O)c1c(CC(=O)N(C2CC2)C(C)c2ccccn2)[nH]c(C(C)=O)c1C. The summed E-state index contributed by atoms with van der Waals surface area (Å²) in [6, 6.07) is 5.64. The van der Waals surface area contributed by atoms with Crippen LogP contribution in [0.25, 0.3) is 0 Å². The Balaban J connectivity index is 1.91. The van der Waals surface area contributed by atoms with Crippen molar-refractivity contribution in [2.75, 3.05) is 7.11 Å². The van der Waals surface area contributed by atoms with Crippen LogP contribution in [0, 0.1) is 6.92 Å². The van der Waals surface area contributed by atoms with Crippen LogP contribution in [0.1, 0.15) is 70.5 Å². The number of H-pyrrole nitrogens is 1. The smallest absolute Gasteiger partial charge is 0.339 e. The molecule has 1 amide bonds. The van der Waals surface area contributed by atoms with Gasteiger partial charge in [0.2, 0.25) is 5.91 Å². The molecule has 0 aliphatic heterocycles. The standard InChI is InChI=1S/C21H25N3O4/c1-12-19(21(27)28-4)17(23-20(12)14(3)25)11-18(26)24(15-8-9-15)13(2)16-7-5-6-10-22-16/h5-7,10,13,15,23H,8-9,11H2,1-4H3. The van der Waals surface area contributed by atoms with Gasteiger partial charge in [0, 0.05) is 24.9 Å². The van der Waals surface area contributed by atoms with Gasteiger partial charge in [-0.2, -0.15) is 0 Å². The first kappa shape index (κ1) is 19.8. The molecule has 1 N–H and O–H groups in total. The van der Waals surface area contributed by atoms with Gasteiger partial charge < -0.3 is 14.6 Å². The average Bonchev–Trinajstić information content (AvgIpc) is 3.45. The number of ether oxygens (including phenoxy) is 1. The number of carbonyl (C=O) groups is 3. The summed E-state index contributed by atoms with van der Waals surface area (Å²) in [7, 11) is 1.29. The number of ketones is 1. The Labute approximate surface area is 164 Å². The number of aromatic amines is 1. The van der Waals surface area contributed by atoms with Gasteiger partial charge in [-0.05, 0) is 44.4 Å². The first-order valence-corrected chi connectivity index (χ1v) is 9.37. The lowest BCUT2D eigenvalue weighted by atomic mass is 10.1. The van der Waals surface area contributed by atoms with E-state index in [0.717, 1.165) is 18.5 Å². The van der Waals surface area contributed by atoms with E-state index >= 15 is 0 Å². The van der Waals surface area contributed by atoms with Crippen LogP contribution in [0.15, 0.2) is 24.4 Å². The number of carbonyl (C=O) groups excluding carboxylic acids is 3. The predicted molar refractivity (Wildman–Crippen MR) is 103 cm³/mol. The molecular weight excluding hydrogens is 358 g/mol. The molecule has 0 bridgehead atoms. The van der Waals surface area contributed by atoms with Gasteiger partial charge in [-0.1, -0.05) is 6.07 Å². The summed E-state index contributed by atoms with van der Waals surface area (Å²) in [6.45, 7) is 5.06. The molecule has 1 saturated carbocycles. The number of rotatable bonds is 7. The van der Waals surface area contributed by atoms with Gasteiger partial charge in [-0.3, -0.25) is 14.6 Å². The molecule has 1 atom stereocenters. The molecule has 0 radical (unpaired) electrons. The van der Waals surface area contributed by atoms with Gasteiger partial charge in [-0.25, -0.2) is 4.79 Å². The molecule has 148 valence electrons. The van der Waals surface area contributed by atoms with E-state index in [1.54, 1.807) is 13.1 Å². The van der Waals surface area contributed by atoms with Crippen molar-refractivity contribution in [3.63, 3.8) is 0 Å².